The molecule has 0 aliphatic rings. The minimum absolute atomic E-state index is 0.0248. The minimum Gasteiger partial charge on any atom is -0.464 e. The third-order valence-electron chi connectivity index (χ3n) is 3.63. The predicted molar refractivity (Wildman–Crippen MR) is 92.8 cm³/mol. The number of pyridine rings is 1. The van der Waals surface area contributed by atoms with Crippen molar-refractivity contribution in [3.05, 3.63) is 64.8 Å². The maximum absolute atomic E-state index is 12.9. The van der Waals surface area contributed by atoms with Gasteiger partial charge in [0.2, 0.25) is 0 Å². The molecule has 0 saturated carbocycles. The zero-order valence-corrected chi connectivity index (χ0v) is 14.2. The van der Waals surface area contributed by atoms with E-state index in [2.05, 4.69) is 15.0 Å². The van der Waals surface area contributed by atoms with Crippen LogP contribution in [0.15, 0.2) is 48.5 Å². The van der Waals surface area contributed by atoms with Gasteiger partial charge >= 0.3 is 12.1 Å². The van der Waals surface area contributed by atoms with E-state index in [1.165, 1.54) is 25.3 Å². The third-order valence-corrected chi connectivity index (χ3v) is 3.87. The topological polar surface area (TPSA) is 51.2 Å². The van der Waals surface area contributed by atoms with Gasteiger partial charge in [-0.2, -0.15) is 13.2 Å². The number of methoxy groups -OCH3 is 1. The number of carbonyl (C=O) groups excluding carboxylic acids is 1. The van der Waals surface area contributed by atoms with Gasteiger partial charge < -0.3 is 10.1 Å². The average Bonchev–Trinajstić information content (AvgIpc) is 2.60. The van der Waals surface area contributed by atoms with Crippen LogP contribution in [0.25, 0.3) is 10.9 Å². The highest BCUT2D eigenvalue weighted by Crippen LogP contribution is 2.33. The predicted octanol–water partition coefficient (Wildman–Crippen LogP) is 5.44. The molecule has 4 nitrogen and oxygen atoms in total. The molecule has 0 radical (unpaired) electrons. The number of fused-ring (bicyclic) bond motifs is 1. The van der Waals surface area contributed by atoms with E-state index in [1.807, 2.05) is 0 Å². The Morgan fingerprint density at radius 3 is 2.62 bits per heavy atom. The summed E-state index contributed by atoms with van der Waals surface area (Å²) in [5.41, 5.74) is 0.288. The second-order valence-electron chi connectivity index (χ2n) is 5.41. The lowest BCUT2D eigenvalue weighted by atomic mass is 10.1. The fourth-order valence-electron chi connectivity index (χ4n) is 2.44. The van der Waals surface area contributed by atoms with Crippen molar-refractivity contribution in [3.8, 4) is 0 Å². The van der Waals surface area contributed by atoms with E-state index in [0.29, 0.717) is 21.6 Å². The number of nitrogens with zero attached hydrogens (tertiary/aromatic N) is 1. The number of ether oxygens (including phenoxy) is 1. The van der Waals surface area contributed by atoms with Crippen LogP contribution < -0.4 is 5.32 Å². The summed E-state index contributed by atoms with van der Waals surface area (Å²) in [6.07, 6.45) is -4.46. The number of nitrogens with one attached hydrogen (secondary N) is 1. The van der Waals surface area contributed by atoms with Gasteiger partial charge in [-0.05, 0) is 42.5 Å². The van der Waals surface area contributed by atoms with Gasteiger partial charge in [0.05, 0.1) is 23.9 Å². The summed E-state index contributed by atoms with van der Waals surface area (Å²) in [4.78, 5) is 16.0. The maximum Gasteiger partial charge on any atom is 0.416 e. The Morgan fingerprint density at radius 2 is 1.92 bits per heavy atom. The number of hydrogen-bond donors (Lipinski definition) is 1. The molecule has 1 heterocycles. The first-order valence-electron chi connectivity index (χ1n) is 7.41. The van der Waals surface area contributed by atoms with Gasteiger partial charge in [-0.15, -0.1) is 0 Å². The zero-order valence-electron chi connectivity index (χ0n) is 13.4. The number of esters is 1. The van der Waals surface area contributed by atoms with Crippen molar-refractivity contribution in [2.24, 2.45) is 0 Å². The quantitative estimate of drug-likeness (QED) is 0.615. The monoisotopic (exact) mass is 380 g/mol. The standard InChI is InChI=1S/C18H12ClF3N2O2/c1-26-17(25)16-9-15(13-8-11(19)5-6-14(13)24-16)23-12-4-2-3-10(7-12)18(20,21)22/h2-9H,1H3,(H,23,24). The van der Waals surface area contributed by atoms with Crippen LogP contribution in [0.4, 0.5) is 24.5 Å². The summed E-state index contributed by atoms with van der Waals surface area (Å²) in [7, 11) is 1.22. The highest BCUT2D eigenvalue weighted by Gasteiger charge is 2.30. The van der Waals surface area contributed by atoms with Crippen LogP contribution >= 0.6 is 11.6 Å². The van der Waals surface area contributed by atoms with Crippen molar-refractivity contribution in [2.45, 2.75) is 6.18 Å². The zero-order chi connectivity index (χ0) is 18.9. The highest BCUT2D eigenvalue weighted by molar-refractivity contribution is 6.31. The molecule has 0 atom stereocenters. The lowest BCUT2D eigenvalue weighted by Gasteiger charge is -2.13. The molecule has 0 spiro atoms. The lowest BCUT2D eigenvalue weighted by Crippen LogP contribution is -2.07. The molecule has 0 saturated heterocycles. The lowest BCUT2D eigenvalue weighted by molar-refractivity contribution is -0.137. The van der Waals surface area contributed by atoms with E-state index >= 15 is 0 Å². The molecule has 134 valence electrons. The molecule has 2 aromatic carbocycles. The summed E-state index contributed by atoms with van der Waals surface area (Å²) in [6.45, 7) is 0. The summed E-state index contributed by atoms with van der Waals surface area (Å²) >= 11 is 6.01. The molecule has 0 fully saturated rings. The summed E-state index contributed by atoms with van der Waals surface area (Å²) < 4.78 is 43.4. The number of anilines is 2. The third kappa shape index (κ3) is 3.72. The first-order valence-corrected chi connectivity index (χ1v) is 7.78. The van der Waals surface area contributed by atoms with Crippen molar-refractivity contribution in [3.63, 3.8) is 0 Å². The van der Waals surface area contributed by atoms with Gasteiger partial charge in [-0.25, -0.2) is 9.78 Å². The smallest absolute Gasteiger partial charge is 0.416 e. The van der Waals surface area contributed by atoms with Crippen molar-refractivity contribution < 1.29 is 22.7 Å². The Kier molecular flexibility index (Phi) is 4.73. The number of alkyl halides is 3. The van der Waals surface area contributed by atoms with Crippen molar-refractivity contribution in [2.75, 3.05) is 12.4 Å². The van der Waals surface area contributed by atoms with Crippen LogP contribution in [0, 0.1) is 0 Å². The Bertz CT molecular complexity index is 990. The Balaban J connectivity index is 2.11. The van der Waals surface area contributed by atoms with E-state index in [0.717, 1.165) is 12.1 Å². The van der Waals surface area contributed by atoms with Crippen LogP contribution in [0.1, 0.15) is 16.1 Å². The van der Waals surface area contributed by atoms with Crippen molar-refractivity contribution >= 4 is 39.8 Å². The van der Waals surface area contributed by atoms with Crippen LogP contribution in [-0.2, 0) is 10.9 Å². The fourth-order valence-corrected chi connectivity index (χ4v) is 2.61. The van der Waals surface area contributed by atoms with Gasteiger partial charge in [-0.1, -0.05) is 17.7 Å². The highest BCUT2D eigenvalue weighted by atomic mass is 35.5. The Labute approximate surface area is 151 Å². The van der Waals surface area contributed by atoms with E-state index in [9.17, 15) is 18.0 Å². The summed E-state index contributed by atoms with van der Waals surface area (Å²) in [6, 6.07) is 11.0. The van der Waals surface area contributed by atoms with Gasteiger partial charge in [-0.3, -0.25) is 0 Å². The van der Waals surface area contributed by atoms with Crippen LogP contribution in [-0.4, -0.2) is 18.1 Å². The molecule has 3 aromatic rings. The maximum atomic E-state index is 12.9. The van der Waals surface area contributed by atoms with Crippen molar-refractivity contribution in [1.82, 2.24) is 4.98 Å². The number of benzene rings is 2. The molecule has 0 unspecified atom stereocenters. The van der Waals surface area contributed by atoms with Crippen LogP contribution in [0.2, 0.25) is 5.02 Å². The minimum atomic E-state index is -4.46. The second kappa shape index (κ2) is 6.84. The summed E-state index contributed by atoms with van der Waals surface area (Å²) in [5.74, 6) is -0.658. The molecule has 8 heteroatoms. The number of halogens is 4. The SMILES string of the molecule is COC(=O)c1cc(Nc2cccc(C(F)(F)F)c2)c2cc(Cl)ccc2n1. The van der Waals surface area contributed by atoms with Gasteiger partial charge in [0.25, 0.3) is 0 Å². The van der Waals surface area contributed by atoms with E-state index in [-0.39, 0.29) is 11.4 Å². The molecule has 1 N–H and O–H groups in total. The van der Waals surface area contributed by atoms with E-state index in [4.69, 9.17) is 11.6 Å². The number of carbonyl (C=O) groups is 1. The molecule has 3 rings (SSSR count). The number of hydrogen-bond acceptors (Lipinski definition) is 4. The normalized spacial score (nSPS) is 11.4. The molecule has 0 aliphatic carbocycles. The molecule has 0 amide bonds. The van der Waals surface area contributed by atoms with Crippen LogP contribution in [0.3, 0.4) is 0 Å². The Morgan fingerprint density at radius 1 is 1.15 bits per heavy atom. The summed E-state index contributed by atoms with van der Waals surface area (Å²) in [5, 5.41) is 3.89. The number of rotatable bonds is 3. The molecular formula is C18H12ClF3N2O2. The molecule has 26 heavy (non-hydrogen) atoms. The van der Waals surface area contributed by atoms with Gasteiger partial charge in [0.15, 0.2) is 5.69 Å². The van der Waals surface area contributed by atoms with Crippen molar-refractivity contribution in [1.29, 1.82) is 0 Å². The first-order chi connectivity index (χ1) is 12.3. The van der Waals surface area contributed by atoms with E-state index in [1.54, 1.807) is 18.2 Å². The Hall–Kier alpha value is -2.80. The van der Waals surface area contributed by atoms with Crippen LogP contribution in [0.5, 0.6) is 0 Å². The average molecular weight is 381 g/mol. The molecule has 0 aliphatic heterocycles. The fraction of sp³-hybridized carbons (Fsp3) is 0.111. The largest absolute Gasteiger partial charge is 0.464 e. The number of aromatic nitrogens is 1. The van der Waals surface area contributed by atoms with Gasteiger partial charge in [0, 0.05) is 16.1 Å². The van der Waals surface area contributed by atoms with E-state index < -0.39 is 17.7 Å². The second-order valence-corrected chi connectivity index (χ2v) is 5.85. The molecular weight excluding hydrogens is 369 g/mol. The first kappa shape index (κ1) is 18.0. The molecule has 1 aromatic heterocycles. The van der Waals surface area contributed by atoms with Gasteiger partial charge in [0.1, 0.15) is 0 Å². The molecule has 0 bridgehead atoms.